The van der Waals surface area contributed by atoms with Crippen LogP contribution in [0.1, 0.15) is 19.3 Å². The van der Waals surface area contributed by atoms with Crippen LogP contribution in [0.2, 0.25) is 0 Å². The predicted molar refractivity (Wildman–Crippen MR) is 99.9 cm³/mol. The molecule has 0 saturated carbocycles. The Balaban J connectivity index is 1.60. The summed E-state index contributed by atoms with van der Waals surface area (Å²) in [6.07, 6.45) is 1.36. The predicted octanol–water partition coefficient (Wildman–Crippen LogP) is 1.56. The van der Waals surface area contributed by atoms with E-state index in [1.807, 2.05) is 0 Å². The van der Waals surface area contributed by atoms with E-state index >= 15 is 0 Å². The van der Waals surface area contributed by atoms with Gasteiger partial charge in [-0.25, -0.2) is 13.6 Å². The molecule has 0 aromatic heterocycles. The van der Waals surface area contributed by atoms with Gasteiger partial charge in [0.25, 0.3) is 5.91 Å². The largest absolute Gasteiger partial charge is 0.435 e. The van der Waals surface area contributed by atoms with Crippen LogP contribution in [0.5, 0.6) is 0 Å². The number of halogens is 2. The Bertz CT molecular complexity index is 704. The van der Waals surface area contributed by atoms with E-state index in [1.165, 1.54) is 12.1 Å². The van der Waals surface area contributed by atoms with Crippen LogP contribution in [-0.4, -0.2) is 73.7 Å². The van der Waals surface area contributed by atoms with Crippen LogP contribution in [0.3, 0.4) is 0 Å². The Morgan fingerprint density at radius 3 is 2.32 bits per heavy atom. The highest BCUT2D eigenvalue weighted by atomic mass is 19.1. The smallest absolute Gasteiger partial charge is 0.405 e. The van der Waals surface area contributed by atoms with E-state index < -0.39 is 23.8 Å². The molecule has 2 aliphatic rings. The van der Waals surface area contributed by atoms with E-state index in [4.69, 9.17) is 10.5 Å². The lowest BCUT2D eigenvalue weighted by Gasteiger charge is -2.38. The highest BCUT2D eigenvalue weighted by Gasteiger charge is 2.32. The second-order valence-corrected chi connectivity index (χ2v) is 7.19. The molecule has 0 bridgehead atoms. The Morgan fingerprint density at radius 2 is 1.71 bits per heavy atom. The first-order chi connectivity index (χ1) is 13.4. The Kier molecular flexibility index (Phi) is 6.66. The van der Waals surface area contributed by atoms with Crippen molar-refractivity contribution in [2.24, 2.45) is 5.73 Å². The molecule has 1 aromatic rings. The van der Waals surface area contributed by atoms with Gasteiger partial charge in [0.2, 0.25) is 0 Å². The van der Waals surface area contributed by atoms with E-state index in [1.54, 1.807) is 9.80 Å². The lowest BCUT2D eigenvalue weighted by molar-refractivity contribution is -0.141. The van der Waals surface area contributed by atoms with E-state index in [-0.39, 0.29) is 5.91 Å². The quantitative estimate of drug-likeness (QED) is 0.817. The summed E-state index contributed by atoms with van der Waals surface area (Å²) in [5.41, 5.74) is 5.47. The molecule has 2 amide bonds. The molecule has 0 aliphatic carbocycles. The fourth-order valence-electron chi connectivity index (χ4n) is 3.79. The van der Waals surface area contributed by atoms with Crippen LogP contribution in [0.25, 0.3) is 0 Å². The molecule has 9 heteroatoms. The summed E-state index contributed by atoms with van der Waals surface area (Å²) in [5.74, 6) is -1.54. The van der Waals surface area contributed by atoms with Crippen molar-refractivity contribution < 1.29 is 23.1 Å². The molecule has 154 valence electrons. The maximum atomic E-state index is 14.0. The topological polar surface area (TPSA) is 79.1 Å². The Hall–Kier alpha value is -2.42. The van der Waals surface area contributed by atoms with Gasteiger partial charge in [-0.05, 0) is 38.1 Å². The van der Waals surface area contributed by atoms with Crippen LogP contribution in [0.4, 0.5) is 19.3 Å². The molecule has 3 rings (SSSR count). The number of primary amides is 1. The Labute approximate surface area is 163 Å². The van der Waals surface area contributed by atoms with Gasteiger partial charge in [-0.1, -0.05) is 6.42 Å². The number of benzene rings is 1. The van der Waals surface area contributed by atoms with Crippen molar-refractivity contribution in [1.29, 1.82) is 0 Å². The third-order valence-electron chi connectivity index (χ3n) is 5.25. The van der Waals surface area contributed by atoms with Crippen molar-refractivity contribution in [2.45, 2.75) is 25.4 Å². The maximum absolute atomic E-state index is 14.0. The molecule has 2 heterocycles. The third kappa shape index (κ3) is 5.09. The zero-order valence-corrected chi connectivity index (χ0v) is 15.8. The van der Waals surface area contributed by atoms with Crippen LogP contribution in [0.15, 0.2) is 18.2 Å². The number of likely N-dealkylation sites (tertiary alicyclic amines) is 1. The van der Waals surface area contributed by atoms with Crippen LogP contribution >= 0.6 is 0 Å². The van der Waals surface area contributed by atoms with Gasteiger partial charge in [-0.15, -0.1) is 0 Å². The molecule has 1 unspecified atom stereocenters. The van der Waals surface area contributed by atoms with Gasteiger partial charge in [0, 0.05) is 38.8 Å². The minimum atomic E-state index is -0.970. The minimum Gasteiger partial charge on any atom is -0.435 e. The van der Waals surface area contributed by atoms with E-state index in [0.717, 1.165) is 38.4 Å². The van der Waals surface area contributed by atoms with Gasteiger partial charge in [0.1, 0.15) is 11.6 Å². The minimum absolute atomic E-state index is 0.288. The van der Waals surface area contributed by atoms with Crippen molar-refractivity contribution in [3.63, 3.8) is 0 Å². The van der Waals surface area contributed by atoms with Gasteiger partial charge >= 0.3 is 6.09 Å². The maximum Gasteiger partial charge on any atom is 0.405 e. The highest BCUT2D eigenvalue weighted by Crippen LogP contribution is 2.22. The summed E-state index contributed by atoms with van der Waals surface area (Å²) in [7, 11) is 0. The van der Waals surface area contributed by atoms with Crippen molar-refractivity contribution in [3.05, 3.63) is 29.8 Å². The number of ether oxygens (including phenoxy) is 1. The molecule has 1 atom stereocenters. The van der Waals surface area contributed by atoms with Crippen molar-refractivity contribution in [2.75, 3.05) is 50.7 Å². The first-order valence-electron chi connectivity index (χ1n) is 9.61. The number of amides is 2. The summed E-state index contributed by atoms with van der Waals surface area (Å²) in [6.45, 7) is 3.58. The van der Waals surface area contributed by atoms with Gasteiger partial charge in [0.05, 0.1) is 5.69 Å². The van der Waals surface area contributed by atoms with Crippen molar-refractivity contribution in [3.8, 4) is 0 Å². The fraction of sp³-hybridized carbons (Fsp3) is 0.579. The first-order valence-corrected chi connectivity index (χ1v) is 9.61. The number of piperidine rings is 1. The molecular weight excluding hydrogens is 370 g/mol. The molecule has 0 radical (unpaired) electrons. The fourth-order valence-corrected chi connectivity index (χ4v) is 3.79. The van der Waals surface area contributed by atoms with Gasteiger partial charge in [-0.2, -0.15) is 0 Å². The molecule has 2 fully saturated rings. The van der Waals surface area contributed by atoms with Gasteiger partial charge in [0.15, 0.2) is 6.10 Å². The average Bonchev–Trinajstić information content (AvgIpc) is 2.68. The lowest BCUT2D eigenvalue weighted by Crippen LogP contribution is -2.54. The number of carbonyl (C=O) groups is 2. The van der Waals surface area contributed by atoms with Crippen molar-refractivity contribution in [1.82, 2.24) is 9.80 Å². The second kappa shape index (κ2) is 9.18. The molecule has 2 aliphatic heterocycles. The number of hydrogen-bond donors (Lipinski definition) is 1. The van der Waals surface area contributed by atoms with Crippen molar-refractivity contribution >= 4 is 17.7 Å². The zero-order chi connectivity index (χ0) is 20.1. The zero-order valence-electron chi connectivity index (χ0n) is 15.8. The van der Waals surface area contributed by atoms with E-state index in [9.17, 15) is 18.4 Å². The monoisotopic (exact) mass is 396 g/mol. The second-order valence-electron chi connectivity index (χ2n) is 7.19. The summed E-state index contributed by atoms with van der Waals surface area (Å²) in [4.78, 5) is 29.6. The summed E-state index contributed by atoms with van der Waals surface area (Å²) in [6, 6.07) is 3.46. The lowest BCUT2D eigenvalue weighted by atomic mass is 10.1. The molecule has 1 aromatic carbocycles. The average molecular weight is 396 g/mol. The number of hydrogen-bond acceptors (Lipinski definition) is 5. The summed E-state index contributed by atoms with van der Waals surface area (Å²) in [5, 5.41) is 0. The van der Waals surface area contributed by atoms with Crippen LogP contribution in [0, 0.1) is 11.6 Å². The molecule has 7 nitrogen and oxygen atoms in total. The molecular formula is C19H26F2N4O3. The van der Waals surface area contributed by atoms with E-state index in [0.29, 0.717) is 38.4 Å². The molecule has 0 spiro atoms. The first kappa shape index (κ1) is 20.3. The number of carbonyl (C=O) groups excluding carboxylic acids is 2. The Morgan fingerprint density at radius 1 is 1.04 bits per heavy atom. The molecule has 2 saturated heterocycles. The molecule has 2 N–H and O–H groups in total. The molecule has 28 heavy (non-hydrogen) atoms. The number of piperazine rings is 1. The highest BCUT2D eigenvalue weighted by molar-refractivity contribution is 5.83. The summed E-state index contributed by atoms with van der Waals surface area (Å²) >= 11 is 0. The normalized spacial score (nSPS) is 19.4. The van der Waals surface area contributed by atoms with Crippen LogP contribution < -0.4 is 10.6 Å². The summed E-state index contributed by atoms with van der Waals surface area (Å²) < 4.78 is 32.2. The van der Waals surface area contributed by atoms with E-state index in [2.05, 4.69) is 4.90 Å². The SMILES string of the molecule is NC(=O)OC(CN1CCCCC1)C(=O)N1CCN(c2ccc(F)cc2F)CC1. The standard InChI is InChI=1S/C19H26F2N4O3/c20-14-4-5-16(15(21)12-14)24-8-10-25(11-9-24)18(26)17(28-19(22)27)13-23-6-2-1-3-7-23/h4-5,12,17H,1-3,6-11,13H2,(H2,22,27). The number of anilines is 1. The number of rotatable bonds is 5. The third-order valence-corrected chi connectivity index (χ3v) is 5.25. The number of nitrogens with zero attached hydrogens (tertiary/aromatic N) is 3. The van der Waals surface area contributed by atoms with Gasteiger partial charge < -0.3 is 20.3 Å². The van der Waals surface area contributed by atoms with Gasteiger partial charge in [-0.3, -0.25) is 9.69 Å². The van der Waals surface area contributed by atoms with Crippen LogP contribution in [-0.2, 0) is 9.53 Å². The number of nitrogens with two attached hydrogens (primary N) is 1.